The fourth-order valence-electron chi connectivity index (χ4n) is 7.63. The van der Waals surface area contributed by atoms with Crippen LogP contribution in [0.3, 0.4) is 0 Å². The topological polar surface area (TPSA) is 66.5 Å². The summed E-state index contributed by atoms with van der Waals surface area (Å²) >= 11 is 0. The minimum atomic E-state index is -3.22. The lowest BCUT2D eigenvalue weighted by molar-refractivity contribution is -0.165. The van der Waals surface area contributed by atoms with Crippen molar-refractivity contribution >= 4 is 27.3 Å². The molecule has 4 aliphatic carbocycles. The second-order valence-corrected chi connectivity index (χ2v) is 12.7. The molecule has 5 aliphatic rings. The zero-order valence-corrected chi connectivity index (χ0v) is 17.6. The maximum absolute atomic E-state index is 13.5. The molecule has 5 nitrogen and oxygen atoms in total. The molecule has 4 saturated carbocycles. The van der Waals surface area contributed by atoms with Gasteiger partial charge in [0.05, 0.1) is 16.9 Å². The zero-order chi connectivity index (χ0) is 19.8. The van der Waals surface area contributed by atoms with E-state index in [9.17, 15) is 13.2 Å². The summed E-state index contributed by atoms with van der Waals surface area (Å²) in [5.41, 5.74) is 1.67. The zero-order valence-electron chi connectivity index (χ0n) is 16.8. The summed E-state index contributed by atoms with van der Waals surface area (Å²) in [6.07, 6.45) is 7.40. The summed E-state index contributed by atoms with van der Waals surface area (Å²) in [4.78, 5) is 13.5. The largest absolute Gasteiger partial charge is 0.326 e. The third kappa shape index (κ3) is 2.87. The number of nitrogens with one attached hydrogen (secondary N) is 1. The van der Waals surface area contributed by atoms with Gasteiger partial charge in [-0.05, 0) is 79.9 Å². The maximum atomic E-state index is 13.5. The summed E-state index contributed by atoms with van der Waals surface area (Å²) in [5.74, 6) is 0.999. The highest BCUT2D eigenvalue weighted by atomic mass is 32.2. The highest BCUT2D eigenvalue weighted by Gasteiger charge is 2.62. The molecule has 152 valence electrons. The monoisotopic (exact) mass is 402 g/mol. The molecule has 6 heteroatoms. The van der Waals surface area contributed by atoms with Gasteiger partial charge in [-0.25, -0.2) is 8.42 Å². The van der Waals surface area contributed by atoms with Crippen LogP contribution in [0, 0.1) is 22.2 Å². The van der Waals surface area contributed by atoms with Crippen LogP contribution < -0.4 is 9.62 Å². The first-order chi connectivity index (χ1) is 13.1. The molecule has 28 heavy (non-hydrogen) atoms. The number of hydrogen-bond donors (Lipinski definition) is 1. The van der Waals surface area contributed by atoms with Gasteiger partial charge in [0, 0.05) is 12.2 Å². The van der Waals surface area contributed by atoms with Crippen LogP contribution in [0.5, 0.6) is 0 Å². The molecule has 0 spiro atoms. The molecule has 2 atom stereocenters. The first-order valence-corrected chi connectivity index (χ1v) is 12.1. The Hall–Kier alpha value is -1.56. The smallest absolute Gasteiger partial charge is 0.235 e. The Bertz CT molecular complexity index is 923. The molecule has 1 aliphatic heterocycles. The van der Waals surface area contributed by atoms with E-state index in [2.05, 4.69) is 19.2 Å². The predicted molar refractivity (Wildman–Crippen MR) is 111 cm³/mol. The van der Waals surface area contributed by atoms with Gasteiger partial charge in [-0.15, -0.1) is 0 Å². The van der Waals surface area contributed by atoms with Gasteiger partial charge < -0.3 is 5.32 Å². The number of nitrogens with zero attached hydrogens (tertiary/aromatic N) is 1. The average molecular weight is 403 g/mol. The number of carbonyl (C=O) groups excluding carboxylic acids is 1. The summed E-state index contributed by atoms with van der Waals surface area (Å²) in [6.45, 7) is 5.26. The summed E-state index contributed by atoms with van der Waals surface area (Å²) in [6, 6.07) is 7.32. The quantitative estimate of drug-likeness (QED) is 0.825. The molecule has 2 unspecified atom stereocenters. The van der Waals surface area contributed by atoms with E-state index >= 15 is 0 Å². The second-order valence-electron chi connectivity index (χ2n) is 10.7. The Kier molecular flexibility index (Phi) is 3.79. The van der Waals surface area contributed by atoms with Crippen molar-refractivity contribution in [1.82, 2.24) is 0 Å². The van der Waals surface area contributed by atoms with Crippen molar-refractivity contribution in [1.29, 1.82) is 0 Å². The number of benzene rings is 1. The van der Waals surface area contributed by atoms with Gasteiger partial charge in [-0.3, -0.25) is 9.10 Å². The Morgan fingerprint density at radius 3 is 2.43 bits per heavy atom. The highest BCUT2D eigenvalue weighted by molar-refractivity contribution is 7.93. The third-order valence-corrected chi connectivity index (χ3v) is 9.47. The van der Waals surface area contributed by atoms with Gasteiger partial charge in [0.1, 0.15) is 0 Å². The molecule has 1 saturated heterocycles. The van der Waals surface area contributed by atoms with E-state index < -0.39 is 10.0 Å². The van der Waals surface area contributed by atoms with Crippen LogP contribution in [0.4, 0.5) is 11.4 Å². The molecule has 1 amide bonds. The van der Waals surface area contributed by atoms with Crippen molar-refractivity contribution in [3.63, 3.8) is 0 Å². The number of hydrogen-bond acceptors (Lipinski definition) is 3. The van der Waals surface area contributed by atoms with Gasteiger partial charge in [0.25, 0.3) is 0 Å². The fourth-order valence-corrected chi connectivity index (χ4v) is 9.19. The molecule has 5 fully saturated rings. The van der Waals surface area contributed by atoms with Gasteiger partial charge >= 0.3 is 0 Å². The van der Waals surface area contributed by atoms with E-state index in [1.165, 1.54) is 23.6 Å². The lowest BCUT2D eigenvalue weighted by Gasteiger charge is -2.64. The Morgan fingerprint density at radius 1 is 1.11 bits per heavy atom. The molecule has 0 aromatic heterocycles. The minimum Gasteiger partial charge on any atom is -0.326 e. The van der Waals surface area contributed by atoms with Gasteiger partial charge in [0.15, 0.2) is 0 Å². The normalized spacial score (nSPS) is 40.6. The number of rotatable bonds is 3. The number of sulfonamides is 1. The highest BCUT2D eigenvalue weighted by Crippen LogP contribution is 2.69. The minimum absolute atomic E-state index is 0.135. The summed E-state index contributed by atoms with van der Waals surface area (Å²) < 4.78 is 25.9. The Morgan fingerprint density at radius 2 is 1.82 bits per heavy atom. The van der Waals surface area contributed by atoms with Gasteiger partial charge in [-0.1, -0.05) is 19.9 Å². The second kappa shape index (κ2) is 5.74. The van der Waals surface area contributed by atoms with Crippen molar-refractivity contribution in [3.8, 4) is 0 Å². The Labute approximate surface area is 167 Å². The van der Waals surface area contributed by atoms with Crippen molar-refractivity contribution < 1.29 is 13.2 Å². The average Bonchev–Trinajstić information content (AvgIpc) is 2.91. The Balaban J connectivity index is 1.40. The van der Waals surface area contributed by atoms with Crippen LogP contribution in [0.25, 0.3) is 0 Å². The standard InChI is InChI=1S/C22H30N2O3S/c1-20-10-16-11-21(2,13-20)15-22(12-16,14-20)19(25)23-17-5-3-6-18(9-17)24-7-4-8-28(24,26)27/h3,5-6,9,16H,4,7-8,10-15H2,1-2H3,(H,23,25). The van der Waals surface area contributed by atoms with Crippen LogP contribution in [0.1, 0.15) is 58.8 Å². The van der Waals surface area contributed by atoms with Crippen molar-refractivity contribution in [2.45, 2.75) is 58.8 Å². The van der Waals surface area contributed by atoms with E-state index in [1.807, 2.05) is 24.3 Å². The van der Waals surface area contributed by atoms with Crippen molar-refractivity contribution in [2.24, 2.45) is 22.2 Å². The molecule has 1 N–H and O–H groups in total. The predicted octanol–water partition coefficient (Wildman–Crippen LogP) is 4.16. The molecular formula is C22H30N2O3S. The number of amides is 1. The van der Waals surface area contributed by atoms with Crippen molar-refractivity contribution in [2.75, 3.05) is 21.9 Å². The third-order valence-electron chi connectivity index (χ3n) is 7.60. The first-order valence-electron chi connectivity index (χ1n) is 10.5. The molecule has 0 radical (unpaired) electrons. The molecule has 1 aromatic carbocycles. The molecule has 6 rings (SSSR count). The molecule has 4 bridgehead atoms. The lowest BCUT2D eigenvalue weighted by atomic mass is 9.40. The molecule has 1 heterocycles. The number of carbonyl (C=O) groups is 1. The van der Waals surface area contributed by atoms with Crippen LogP contribution in [0.15, 0.2) is 24.3 Å². The summed E-state index contributed by atoms with van der Waals surface area (Å²) in [5, 5.41) is 3.16. The summed E-state index contributed by atoms with van der Waals surface area (Å²) in [7, 11) is -3.22. The van der Waals surface area contributed by atoms with E-state index in [0.717, 1.165) is 19.3 Å². The first kappa shape index (κ1) is 18.5. The fraction of sp³-hybridized carbons (Fsp3) is 0.682. The van der Waals surface area contributed by atoms with E-state index in [4.69, 9.17) is 0 Å². The van der Waals surface area contributed by atoms with E-state index in [0.29, 0.717) is 30.3 Å². The van der Waals surface area contributed by atoms with E-state index in [-0.39, 0.29) is 27.9 Å². The van der Waals surface area contributed by atoms with Crippen LogP contribution in [-0.2, 0) is 14.8 Å². The number of anilines is 2. The van der Waals surface area contributed by atoms with Crippen LogP contribution >= 0.6 is 0 Å². The SMILES string of the molecule is CC12CC3CC(C)(C1)CC(C(=O)Nc1cccc(N4CCCS4(=O)=O)c1)(C3)C2. The van der Waals surface area contributed by atoms with Crippen LogP contribution in [-0.4, -0.2) is 26.6 Å². The van der Waals surface area contributed by atoms with Crippen LogP contribution in [0.2, 0.25) is 0 Å². The molecule has 1 aromatic rings. The lowest BCUT2D eigenvalue weighted by Crippen LogP contribution is -2.58. The molecular weight excluding hydrogens is 372 g/mol. The van der Waals surface area contributed by atoms with Crippen molar-refractivity contribution in [3.05, 3.63) is 24.3 Å². The van der Waals surface area contributed by atoms with Gasteiger partial charge in [0.2, 0.25) is 15.9 Å². The van der Waals surface area contributed by atoms with Gasteiger partial charge in [-0.2, -0.15) is 0 Å². The van der Waals surface area contributed by atoms with E-state index in [1.54, 1.807) is 0 Å². The maximum Gasteiger partial charge on any atom is 0.235 e.